The SMILES string of the molecule is O=C(c1ccc(CS(=O)(=O)c2cccc3cccnc23)cc1)N1CC(O)(c2ccccc2OC(F)(F)F)C1. The molecular weight excluding hydrogens is 521 g/mol. The van der Waals surface area contributed by atoms with Crippen molar-refractivity contribution in [2.75, 3.05) is 13.1 Å². The number of sulfone groups is 1. The third kappa shape index (κ3) is 5.07. The van der Waals surface area contributed by atoms with Crippen molar-refractivity contribution in [2.24, 2.45) is 0 Å². The van der Waals surface area contributed by atoms with E-state index >= 15 is 0 Å². The summed E-state index contributed by atoms with van der Waals surface area (Å²) < 4.78 is 68.5. The number of rotatable bonds is 6. The number of aliphatic hydroxyl groups is 1. The summed E-state index contributed by atoms with van der Waals surface area (Å²) in [7, 11) is -3.73. The molecule has 7 nitrogen and oxygen atoms in total. The first-order valence-electron chi connectivity index (χ1n) is 11.5. The molecule has 5 rings (SSSR count). The summed E-state index contributed by atoms with van der Waals surface area (Å²) in [6.07, 6.45) is -3.40. The molecule has 3 aromatic carbocycles. The number of nitrogens with zero attached hydrogens (tertiary/aromatic N) is 2. The van der Waals surface area contributed by atoms with Crippen LogP contribution in [0.4, 0.5) is 13.2 Å². The van der Waals surface area contributed by atoms with Crippen LogP contribution in [0.3, 0.4) is 0 Å². The van der Waals surface area contributed by atoms with Crippen molar-refractivity contribution in [3.63, 3.8) is 0 Å². The van der Waals surface area contributed by atoms with E-state index in [0.29, 0.717) is 16.5 Å². The van der Waals surface area contributed by atoms with E-state index < -0.39 is 33.5 Å². The van der Waals surface area contributed by atoms with Gasteiger partial charge in [-0.15, -0.1) is 13.2 Å². The van der Waals surface area contributed by atoms with Crippen molar-refractivity contribution in [3.05, 3.63) is 102 Å². The maximum absolute atomic E-state index is 13.1. The van der Waals surface area contributed by atoms with Gasteiger partial charge in [0, 0.05) is 22.7 Å². The number of halogens is 3. The Hall–Kier alpha value is -3.96. The number of carbonyl (C=O) groups is 1. The van der Waals surface area contributed by atoms with Crippen molar-refractivity contribution in [1.29, 1.82) is 0 Å². The Kier molecular flexibility index (Phi) is 6.36. The van der Waals surface area contributed by atoms with E-state index in [1.165, 1.54) is 59.6 Å². The molecule has 0 saturated carbocycles. The van der Waals surface area contributed by atoms with Gasteiger partial charge in [-0.2, -0.15) is 0 Å². The molecule has 2 heterocycles. The standard InChI is InChI=1S/C27H21F3N2O5S/c28-27(29,30)37-22-8-2-1-7-21(22)26(34)16-32(17-26)25(33)20-12-10-18(11-13-20)15-38(35,36)23-9-3-5-19-6-4-14-31-24(19)23/h1-14,34H,15-17H2. The third-order valence-corrected chi connectivity index (χ3v) is 8.01. The van der Waals surface area contributed by atoms with Gasteiger partial charge < -0.3 is 14.7 Å². The van der Waals surface area contributed by atoms with Gasteiger partial charge in [0.2, 0.25) is 0 Å². The Labute approximate surface area is 216 Å². The largest absolute Gasteiger partial charge is 0.573 e. The lowest BCUT2D eigenvalue weighted by atomic mass is 9.85. The summed E-state index contributed by atoms with van der Waals surface area (Å²) >= 11 is 0. The summed E-state index contributed by atoms with van der Waals surface area (Å²) in [6.45, 7) is -0.456. The maximum Gasteiger partial charge on any atom is 0.573 e. The molecule has 1 aromatic heterocycles. The number of β-amino-alcohol motifs (C(OH)–C–C–N with tert-alkyl or cyclic N) is 1. The third-order valence-electron chi connectivity index (χ3n) is 6.29. The number of benzene rings is 3. The van der Waals surface area contributed by atoms with E-state index in [2.05, 4.69) is 9.72 Å². The van der Waals surface area contributed by atoms with E-state index in [9.17, 15) is 31.5 Å². The lowest BCUT2D eigenvalue weighted by Crippen LogP contribution is -2.61. The predicted molar refractivity (Wildman–Crippen MR) is 132 cm³/mol. The lowest BCUT2D eigenvalue weighted by molar-refractivity contribution is -0.275. The summed E-state index contributed by atoms with van der Waals surface area (Å²) in [5.41, 5.74) is -0.662. The number of hydrogen-bond acceptors (Lipinski definition) is 6. The highest BCUT2D eigenvalue weighted by Crippen LogP contribution is 2.39. The smallest absolute Gasteiger partial charge is 0.405 e. The molecule has 38 heavy (non-hydrogen) atoms. The van der Waals surface area contributed by atoms with Gasteiger partial charge in [0.1, 0.15) is 11.4 Å². The fraction of sp³-hybridized carbons (Fsp3) is 0.185. The minimum atomic E-state index is -4.93. The summed E-state index contributed by atoms with van der Waals surface area (Å²) in [4.78, 5) is 18.5. The highest BCUT2D eigenvalue weighted by atomic mass is 32.2. The molecule has 11 heteroatoms. The molecular formula is C27H21F3N2O5S. The quantitative estimate of drug-likeness (QED) is 0.387. The number of carbonyl (C=O) groups excluding carboxylic acids is 1. The molecule has 0 aliphatic carbocycles. The van der Waals surface area contributed by atoms with E-state index in [4.69, 9.17) is 0 Å². The van der Waals surface area contributed by atoms with Crippen LogP contribution in [0.25, 0.3) is 10.9 Å². The topological polar surface area (TPSA) is 96.8 Å². The molecule has 1 aliphatic rings. The van der Waals surface area contributed by atoms with Gasteiger partial charge in [-0.3, -0.25) is 9.78 Å². The van der Waals surface area contributed by atoms with Gasteiger partial charge in [0.25, 0.3) is 5.91 Å². The highest BCUT2D eigenvalue weighted by Gasteiger charge is 2.47. The fourth-order valence-electron chi connectivity index (χ4n) is 4.51. The van der Waals surface area contributed by atoms with Gasteiger partial charge in [0.15, 0.2) is 9.84 Å². The van der Waals surface area contributed by atoms with Crippen LogP contribution < -0.4 is 4.74 Å². The Morgan fingerprint density at radius 2 is 1.66 bits per heavy atom. The van der Waals surface area contributed by atoms with E-state index in [1.54, 1.807) is 24.3 Å². The van der Waals surface area contributed by atoms with Crippen LogP contribution >= 0.6 is 0 Å². The van der Waals surface area contributed by atoms with Gasteiger partial charge in [-0.1, -0.05) is 48.5 Å². The van der Waals surface area contributed by atoms with Crippen molar-refractivity contribution < 1.29 is 36.2 Å². The monoisotopic (exact) mass is 542 g/mol. The van der Waals surface area contributed by atoms with Gasteiger partial charge in [-0.25, -0.2) is 8.42 Å². The van der Waals surface area contributed by atoms with Crippen LogP contribution in [0.15, 0.2) is 90.0 Å². The van der Waals surface area contributed by atoms with Crippen LogP contribution in [0.1, 0.15) is 21.5 Å². The molecule has 4 aromatic rings. The Morgan fingerprint density at radius 3 is 2.37 bits per heavy atom. The molecule has 1 aliphatic heterocycles. The van der Waals surface area contributed by atoms with Crippen LogP contribution in [-0.4, -0.2) is 48.8 Å². The Bertz CT molecular complexity index is 1610. The Balaban J connectivity index is 1.28. The number of aromatic nitrogens is 1. The second kappa shape index (κ2) is 9.41. The normalized spacial score (nSPS) is 15.2. The molecule has 1 fully saturated rings. The molecule has 0 spiro atoms. The van der Waals surface area contributed by atoms with Crippen LogP contribution in [0.2, 0.25) is 0 Å². The molecule has 1 amide bonds. The van der Waals surface area contributed by atoms with Crippen molar-refractivity contribution in [3.8, 4) is 5.75 Å². The maximum atomic E-state index is 13.1. The summed E-state index contributed by atoms with van der Waals surface area (Å²) in [5.74, 6) is -1.27. The zero-order valence-corrected chi connectivity index (χ0v) is 20.5. The second-order valence-electron chi connectivity index (χ2n) is 9.02. The first-order valence-corrected chi connectivity index (χ1v) is 13.1. The summed E-state index contributed by atoms with van der Waals surface area (Å²) in [5, 5.41) is 11.6. The van der Waals surface area contributed by atoms with Crippen LogP contribution in [0, 0.1) is 0 Å². The molecule has 1 N–H and O–H groups in total. The van der Waals surface area contributed by atoms with Gasteiger partial charge in [0.05, 0.1) is 29.3 Å². The van der Waals surface area contributed by atoms with Crippen molar-refractivity contribution in [1.82, 2.24) is 9.88 Å². The molecule has 0 unspecified atom stereocenters. The van der Waals surface area contributed by atoms with Crippen LogP contribution in [0.5, 0.6) is 5.75 Å². The summed E-state index contributed by atoms with van der Waals surface area (Å²) in [6, 6.07) is 19.7. The number of amides is 1. The number of hydrogen-bond donors (Lipinski definition) is 1. The lowest BCUT2D eigenvalue weighted by Gasteiger charge is -2.47. The Morgan fingerprint density at radius 1 is 0.974 bits per heavy atom. The van der Waals surface area contributed by atoms with Crippen molar-refractivity contribution in [2.45, 2.75) is 22.6 Å². The second-order valence-corrected chi connectivity index (χ2v) is 11.0. The molecule has 0 atom stereocenters. The average molecular weight is 543 g/mol. The van der Waals surface area contributed by atoms with Crippen LogP contribution in [-0.2, 0) is 21.2 Å². The van der Waals surface area contributed by atoms with E-state index in [-0.39, 0.29) is 34.9 Å². The van der Waals surface area contributed by atoms with Gasteiger partial charge >= 0.3 is 6.36 Å². The predicted octanol–water partition coefficient (Wildman–Crippen LogP) is 4.45. The fourth-order valence-corrected chi connectivity index (χ4v) is 6.05. The van der Waals surface area contributed by atoms with E-state index in [0.717, 1.165) is 6.07 Å². The zero-order chi connectivity index (χ0) is 27.1. The molecule has 0 bridgehead atoms. The molecule has 0 radical (unpaired) electrons. The van der Waals surface area contributed by atoms with Crippen molar-refractivity contribution >= 4 is 26.6 Å². The first-order chi connectivity index (χ1) is 18.0. The van der Waals surface area contributed by atoms with E-state index in [1.807, 2.05) is 0 Å². The number of alkyl halides is 3. The number of likely N-dealkylation sites (tertiary alicyclic amines) is 1. The minimum absolute atomic E-state index is 0.0649. The number of ether oxygens (including phenoxy) is 1. The van der Waals surface area contributed by atoms with Gasteiger partial charge in [-0.05, 0) is 35.9 Å². The number of para-hydroxylation sites is 2. The highest BCUT2D eigenvalue weighted by molar-refractivity contribution is 7.90. The number of fused-ring (bicyclic) bond motifs is 1. The first kappa shape index (κ1) is 25.7. The molecule has 196 valence electrons. The minimum Gasteiger partial charge on any atom is -0.405 e. The molecule has 1 saturated heterocycles. The zero-order valence-electron chi connectivity index (χ0n) is 19.7. The average Bonchev–Trinajstić information content (AvgIpc) is 2.85. The number of pyridine rings is 1.